The van der Waals surface area contributed by atoms with E-state index in [2.05, 4.69) is 16.8 Å². The van der Waals surface area contributed by atoms with Gasteiger partial charge >= 0.3 is 0 Å². The van der Waals surface area contributed by atoms with Crippen LogP contribution >= 0.6 is 0 Å². The molecule has 2 aromatic rings. The first-order valence-electron chi connectivity index (χ1n) is 6.53. The van der Waals surface area contributed by atoms with Crippen molar-refractivity contribution in [2.75, 3.05) is 19.7 Å². The predicted molar refractivity (Wildman–Crippen MR) is 72.2 cm³/mol. The van der Waals surface area contributed by atoms with E-state index in [-0.39, 0.29) is 11.7 Å². The molecule has 1 fully saturated rings. The van der Waals surface area contributed by atoms with Gasteiger partial charge in [-0.15, -0.1) is 0 Å². The van der Waals surface area contributed by atoms with E-state index in [4.69, 9.17) is 4.74 Å². The van der Waals surface area contributed by atoms with Gasteiger partial charge in [0.15, 0.2) is 0 Å². The molecular formula is C14H17N3O2. The largest absolute Gasteiger partial charge is 0.376 e. The summed E-state index contributed by atoms with van der Waals surface area (Å²) in [6.45, 7) is 5.28. The van der Waals surface area contributed by atoms with Gasteiger partial charge in [0.05, 0.1) is 18.4 Å². The Morgan fingerprint density at radius 1 is 1.47 bits per heavy atom. The van der Waals surface area contributed by atoms with Crippen LogP contribution < -0.4 is 5.56 Å². The Hall–Kier alpha value is -1.72. The zero-order chi connectivity index (χ0) is 13.2. The van der Waals surface area contributed by atoms with Crippen molar-refractivity contribution in [2.45, 2.75) is 19.6 Å². The minimum absolute atomic E-state index is 0.0260. The maximum atomic E-state index is 12.0. The van der Waals surface area contributed by atoms with Crippen molar-refractivity contribution in [1.82, 2.24) is 14.3 Å². The second-order valence-corrected chi connectivity index (χ2v) is 4.93. The number of hydrogen-bond acceptors (Lipinski definition) is 4. The lowest BCUT2D eigenvalue weighted by Crippen LogP contribution is -2.40. The summed E-state index contributed by atoms with van der Waals surface area (Å²) in [5.41, 5.74) is 1.50. The molecule has 0 bridgehead atoms. The lowest BCUT2D eigenvalue weighted by molar-refractivity contribution is -0.0215. The number of morpholine rings is 1. The highest BCUT2D eigenvalue weighted by Gasteiger charge is 2.17. The summed E-state index contributed by atoms with van der Waals surface area (Å²) in [6, 6.07) is 7.20. The fraction of sp³-hybridized carbons (Fsp3) is 0.429. The van der Waals surface area contributed by atoms with Gasteiger partial charge in [-0.1, -0.05) is 6.07 Å². The molecule has 0 aliphatic carbocycles. The second kappa shape index (κ2) is 5.11. The van der Waals surface area contributed by atoms with E-state index in [1.165, 1.54) is 0 Å². The topological polar surface area (TPSA) is 46.8 Å². The highest BCUT2D eigenvalue weighted by molar-refractivity contribution is 5.37. The SMILES string of the molecule is CC1CN(Cc2cc(=O)n3ccccc3n2)CCO1. The summed E-state index contributed by atoms with van der Waals surface area (Å²) in [4.78, 5) is 18.8. The van der Waals surface area contributed by atoms with Gasteiger partial charge in [-0.2, -0.15) is 0 Å². The smallest absolute Gasteiger partial charge is 0.258 e. The molecule has 1 atom stereocenters. The number of fused-ring (bicyclic) bond motifs is 1. The minimum Gasteiger partial charge on any atom is -0.376 e. The number of ether oxygens (including phenoxy) is 1. The van der Waals surface area contributed by atoms with Gasteiger partial charge in [0.25, 0.3) is 5.56 Å². The number of pyridine rings is 1. The molecule has 19 heavy (non-hydrogen) atoms. The Morgan fingerprint density at radius 2 is 2.37 bits per heavy atom. The molecule has 0 radical (unpaired) electrons. The monoisotopic (exact) mass is 259 g/mol. The molecule has 1 aliphatic rings. The van der Waals surface area contributed by atoms with Crippen molar-refractivity contribution in [3.05, 3.63) is 46.5 Å². The Kier molecular flexibility index (Phi) is 3.31. The molecule has 2 aromatic heterocycles. The van der Waals surface area contributed by atoms with E-state index in [1.54, 1.807) is 16.7 Å². The second-order valence-electron chi connectivity index (χ2n) is 4.93. The van der Waals surface area contributed by atoms with Crippen molar-refractivity contribution in [3.63, 3.8) is 0 Å². The van der Waals surface area contributed by atoms with E-state index in [1.807, 2.05) is 18.2 Å². The summed E-state index contributed by atoms with van der Waals surface area (Å²) in [5.74, 6) is 0. The molecule has 0 spiro atoms. The molecule has 0 saturated carbocycles. The molecule has 1 saturated heterocycles. The van der Waals surface area contributed by atoms with E-state index < -0.39 is 0 Å². The molecular weight excluding hydrogens is 242 g/mol. The predicted octanol–water partition coefficient (Wildman–Crippen LogP) is 0.915. The molecule has 0 amide bonds. The van der Waals surface area contributed by atoms with Crippen LogP contribution in [0.15, 0.2) is 35.3 Å². The number of nitrogens with zero attached hydrogens (tertiary/aromatic N) is 3. The first-order chi connectivity index (χ1) is 9.22. The van der Waals surface area contributed by atoms with E-state index in [9.17, 15) is 4.79 Å². The third kappa shape index (κ3) is 2.67. The average molecular weight is 259 g/mol. The molecule has 3 rings (SSSR count). The molecule has 1 aliphatic heterocycles. The molecule has 0 aromatic carbocycles. The first-order valence-corrected chi connectivity index (χ1v) is 6.53. The van der Waals surface area contributed by atoms with Crippen LogP contribution in [0.25, 0.3) is 5.65 Å². The summed E-state index contributed by atoms with van der Waals surface area (Å²) in [7, 11) is 0. The maximum absolute atomic E-state index is 12.0. The Balaban J connectivity index is 1.87. The van der Waals surface area contributed by atoms with Crippen LogP contribution in [0.3, 0.4) is 0 Å². The molecule has 100 valence electrons. The standard InChI is InChI=1S/C14H17N3O2/c1-11-9-16(6-7-19-11)10-12-8-14(18)17-5-3-2-4-13(17)15-12/h2-5,8,11H,6-7,9-10H2,1H3. The molecule has 5 heteroatoms. The number of rotatable bonds is 2. The van der Waals surface area contributed by atoms with Crippen molar-refractivity contribution in [2.24, 2.45) is 0 Å². The first kappa shape index (κ1) is 12.3. The van der Waals surface area contributed by atoms with Gasteiger partial charge in [-0.05, 0) is 19.1 Å². The third-order valence-electron chi connectivity index (χ3n) is 3.33. The van der Waals surface area contributed by atoms with Crippen LogP contribution in [-0.2, 0) is 11.3 Å². The minimum atomic E-state index is -0.0260. The normalized spacial score (nSPS) is 20.8. The number of hydrogen-bond donors (Lipinski definition) is 0. The fourth-order valence-corrected chi connectivity index (χ4v) is 2.45. The third-order valence-corrected chi connectivity index (χ3v) is 3.33. The van der Waals surface area contributed by atoms with Crippen molar-refractivity contribution in [3.8, 4) is 0 Å². The van der Waals surface area contributed by atoms with Crippen LogP contribution in [0.2, 0.25) is 0 Å². The van der Waals surface area contributed by atoms with Gasteiger partial charge in [-0.25, -0.2) is 4.98 Å². The van der Waals surface area contributed by atoms with Gasteiger partial charge in [0, 0.05) is 31.9 Å². The van der Waals surface area contributed by atoms with Crippen molar-refractivity contribution >= 4 is 5.65 Å². The summed E-state index contributed by atoms with van der Waals surface area (Å²) >= 11 is 0. The lowest BCUT2D eigenvalue weighted by atomic mass is 10.2. The van der Waals surface area contributed by atoms with Gasteiger partial charge < -0.3 is 4.74 Å². The molecule has 1 unspecified atom stereocenters. The van der Waals surface area contributed by atoms with Crippen LogP contribution in [0.4, 0.5) is 0 Å². The highest BCUT2D eigenvalue weighted by atomic mass is 16.5. The van der Waals surface area contributed by atoms with Crippen molar-refractivity contribution < 1.29 is 4.74 Å². The van der Waals surface area contributed by atoms with Crippen LogP contribution in [0.5, 0.6) is 0 Å². The van der Waals surface area contributed by atoms with E-state index >= 15 is 0 Å². The number of aromatic nitrogens is 2. The van der Waals surface area contributed by atoms with E-state index in [0.717, 1.165) is 25.4 Å². The Bertz CT molecular complexity index is 638. The van der Waals surface area contributed by atoms with Gasteiger partial charge in [0.2, 0.25) is 0 Å². The Morgan fingerprint density at radius 3 is 3.21 bits per heavy atom. The van der Waals surface area contributed by atoms with Gasteiger partial charge in [-0.3, -0.25) is 14.1 Å². The summed E-state index contributed by atoms with van der Waals surface area (Å²) in [6.07, 6.45) is 1.99. The van der Waals surface area contributed by atoms with Crippen LogP contribution in [0.1, 0.15) is 12.6 Å². The maximum Gasteiger partial charge on any atom is 0.258 e. The van der Waals surface area contributed by atoms with Crippen LogP contribution in [0, 0.1) is 0 Å². The summed E-state index contributed by atoms with van der Waals surface area (Å²) in [5, 5.41) is 0. The summed E-state index contributed by atoms with van der Waals surface area (Å²) < 4.78 is 7.07. The zero-order valence-electron chi connectivity index (χ0n) is 11.0. The molecule has 3 heterocycles. The highest BCUT2D eigenvalue weighted by Crippen LogP contribution is 2.08. The zero-order valence-corrected chi connectivity index (χ0v) is 11.0. The molecule has 5 nitrogen and oxygen atoms in total. The van der Waals surface area contributed by atoms with Crippen molar-refractivity contribution in [1.29, 1.82) is 0 Å². The van der Waals surface area contributed by atoms with Gasteiger partial charge in [0.1, 0.15) is 5.65 Å². The van der Waals surface area contributed by atoms with E-state index in [0.29, 0.717) is 12.2 Å². The lowest BCUT2D eigenvalue weighted by Gasteiger charge is -2.30. The fourth-order valence-electron chi connectivity index (χ4n) is 2.45. The van der Waals surface area contributed by atoms with Crippen LogP contribution in [-0.4, -0.2) is 40.1 Å². The Labute approximate surface area is 111 Å². The average Bonchev–Trinajstić information content (AvgIpc) is 2.39. The quantitative estimate of drug-likeness (QED) is 0.804. The molecule has 0 N–H and O–H groups in total.